The smallest absolute Gasteiger partial charge is 0.241 e. The van der Waals surface area contributed by atoms with Gasteiger partial charge in [0, 0.05) is 24.8 Å². The molecule has 0 aliphatic carbocycles. The van der Waals surface area contributed by atoms with Crippen molar-refractivity contribution in [3.8, 4) is 0 Å². The summed E-state index contributed by atoms with van der Waals surface area (Å²) in [6.07, 6.45) is 3.16. The van der Waals surface area contributed by atoms with Crippen molar-refractivity contribution in [2.45, 2.75) is 25.3 Å². The molecule has 2 aliphatic rings. The summed E-state index contributed by atoms with van der Waals surface area (Å²) >= 11 is 0. The second-order valence-corrected chi connectivity index (χ2v) is 5.56. The van der Waals surface area contributed by atoms with E-state index in [2.05, 4.69) is 11.0 Å². The molecule has 1 saturated heterocycles. The van der Waals surface area contributed by atoms with Crippen molar-refractivity contribution >= 4 is 24.0 Å². The summed E-state index contributed by atoms with van der Waals surface area (Å²) in [4.78, 5) is 16.5. The van der Waals surface area contributed by atoms with Crippen molar-refractivity contribution in [1.29, 1.82) is 0 Å². The molecule has 1 atom stereocenters. The Hall–Kier alpha value is -1.10. The van der Waals surface area contributed by atoms with Crippen molar-refractivity contribution in [2.75, 3.05) is 31.1 Å². The summed E-state index contributed by atoms with van der Waals surface area (Å²) in [6.45, 7) is 3.16. The predicted octanol–water partition coefficient (Wildman–Crippen LogP) is 1.42. The van der Waals surface area contributed by atoms with Crippen LogP contribution in [0.5, 0.6) is 0 Å². The van der Waals surface area contributed by atoms with E-state index >= 15 is 0 Å². The maximum atomic E-state index is 12.4. The van der Waals surface area contributed by atoms with E-state index in [0.29, 0.717) is 6.54 Å². The van der Waals surface area contributed by atoms with Gasteiger partial charge < -0.3 is 10.6 Å². The van der Waals surface area contributed by atoms with E-state index in [0.717, 1.165) is 44.6 Å². The number of nitrogens with zero attached hydrogens (tertiary/aromatic N) is 2. The van der Waals surface area contributed by atoms with Gasteiger partial charge in [0.2, 0.25) is 5.91 Å². The monoisotopic (exact) mass is 295 g/mol. The Labute approximate surface area is 126 Å². The van der Waals surface area contributed by atoms with Gasteiger partial charge in [0.1, 0.15) is 0 Å². The minimum atomic E-state index is 0. The lowest BCUT2D eigenvalue weighted by molar-refractivity contribution is -0.119. The van der Waals surface area contributed by atoms with Crippen molar-refractivity contribution in [2.24, 2.45) is 5.73 Å². The highest BCUT2D eigenvalue weighted by Crippen LogP contribution is 2.27. The molecule has 2 aliphatic heterocycles. The first-order valence-corrected chi connectivity index (χ1v) is 7.10. The van der Waals surface area contributed by atoms with E-state index < -0.39 is 0 Å². The molecular weight excluding hydrogens is 274 g/mol. The lowest BCUT2D eigenvalue weighted by Crippen LogP contribution is -2.47. The minimum Gasteiger partial charge on any atom is -0.327 e. The van der Waals surface area contributed by atoms with Crippen molar-refractivity contribution < 1.29 is 4.79 Å². The molecule has 2 heterocycles. The van der Waals surface area contributed by atoms with Crippen LogP contribution in [-0.2, 0) is 11.2 Å². The fourth-order valence-electron chi connectivity index (χ4n) is 3.11. The Morgan fingerprint density at radius 3 is 2.90 bits per heavy atom. The van der Waals surface area contributed by atoms with E-state index in [4.69, 9.17) is 5.73 Å². The normalized spacial score (nSPS) is 22.2. The van der Waals surface area contributed by atoms with E-state index in [1.807, 2.05) is 23.1 Å². The van der Waals surface area contributed by atoms with Crippen LogP contribution in [0.15, 0.2) is 24.3 Å². The third kappa shape index (κ3) is 3.14. The number of likely N-dealkylation sites (tertiary alicyclic amines) is 1. The van der Waals surface area contributed by atoms with Crippen molar-refractivity contribution in [3.05, 3.63) is 29.8 Å². The van der Waals surface area contributed by atoms with Gasteiger partial charge in [-0.15, -0.1) is 12.4 Å². The molecular formula is C15H22ClN3O. The first-order chi connectivity index (χ1) is 9.24. The molecule has 0 spiro atoms. The second kappa shape index (κ2) is 6.57. The summed E-state index contributed by atoms with van der Waals surface area (Å²) in [5, 5.41) is 0. The van der Waals surface area contributed by atoms with Gasteiger partial charge >= 0.3 is 0 Å². The first kappa shape index (κ1) is 15.3. The zero-order chi connectivity index (χ0) is 13.2. The molecule has 1 amide bonds. The number of anilines is 1. The second-order valence-electron chi connectivity index (χ2n) is 5.56. The molecule has 20 heavy (non-hydrogen) atoms. The Bertz CT molecular complexity index is 480. The standard InChI is InChI=1S/C15H21N3O.ClH/c16-13-5-3-8-17(10-13)11-15(19)18-9-7-12-4-1-2-6-14(12)18;/h1-2,4,6,13H,3,5,7-11,16H2;1H. The van der Waals surface area contributed by atoms with Gasteiger partial charge in [0.25, 0.3) is 0 Å². The molecule has 1 aromatic rings. The summed E-state index contributed by atoms with van der Waals surface area (Å²) in [5.74, 6) is 0.207. The summed E-state index contributed by atoms with van der Waals surface area (Å²) in [5.41, 5.74) is 8.34. The predicted molar refractivity (Wildman–Crippen MR) is 83.4 cm³/mol. The van der Waals surface area contributed by atoms with Gasteiger partial charge in [-0.25, -0.2) is 0 Å². The Morgan fingerprint density at radius 2 is 2.10 bits per heavy atom. The lowest BCUT2D eigenvalue weighted by atomic mass is 10.1. The van der Waals surface area contributed by atoms with Crippen LogP contribution in [0.1, 0.15) is 18.4 Å². The largest absolute Gasteiger partial charge is 0.327 e. The number of rotatable bonds is 2. The number of hydrogen-bond acceptors (Lipinski definition) is 3. The van der Waals surface area contributed by atoms with Crippen molar-refractivity contribution in [1.82, 2.24) is 4.90 Å². The Balaban J connectivity index is 0.00000147. The van der Waals surface area contributed by atoms with Gasteiger partial charge in [-0.2, -0.15) is 0 Å². The maximum absolute atomic E-state index is 12.4. The summed E-state index contributed by atoms with van der Waals surface area (Å²) in [7, 11) is 0. The SMILES string of the molecule is Cl.NC1CCCN(CC(=O)N2CCc3ccccc32)C1. The van der Waals surface area contributed by atoms with E-state index in [1.165, 1.54) is 5.56 Å². The summed E-state index contributed by atoms with van der Waals surface area (Å²) in [6, 6.07) is 8.42. The number of nitrogens with two attached hydrogens (primary N) is 1. The lowest BCUT2D eigenvalue weighted by Gasteiger charge is -2.31. The van der Waals surface area contributed by atoms with E-state index in [9.17, 15) is 4.79 Å². The maximum Gasteiger partial charge on any atom is 0.241 e. The quantitative estimate of drug-likeness (QED) is 0.898. The number of piperidine rings is 1. The number of halogens is 1. The van der Waals surface area contributed by atoms with Gasteiger partial charge in [-0.1, -0.05) is 18.2 Å². The molecule has 1 unspecified atom stereocenters. The highest BCUT2D eigenvalue weighted by atomic mass is 35.5. The molecule has 0 radical (unpaired) electrons. The van der Waals surface area contributed by atoms with E-state index in [-0.39, 0.29) is 24.4 Å². The first-order valence-electron chi connectivity index (χ1n) is 7.10. The number of para-hydroxylation sites is 1. The molecule has 1 aromatic carbocycles. The van der Waals surface area contributed by atoms with E-state index in [1.54, 1.807) is 0 Å². The van der Waals surface area contributed by atoms with Gasteiger partial charge in [-0.05, 0) is 37.4 Å². The number of hydrogen-bond donors (Lipinski definition) is 1. The number of carbonyl (C=O) groups excluding carboxylic acids is 1. The highest BCUT2D eigenvalue weighted by Gasteiger charge is 2.26. The minimum absolute atomic E-state index is 0. The summed E-state index contributed by atoms with van der Waals surface area (Å²) < 4.78 is 0. The number of amides is 1. The molecule has 1 fully saturated rings. The topological polar surface area (TPSA) is 49.6 Å². The molecule has 5 heteroatoms. The van der Waals surface area contributed by atoms with Crippen LogP contribution in [0.3, 0.4) is 0 Å². The van der Waals surface area contributed by atoms with Gasteiger partial charge in [0.05, 0.1) is 6.54 Å². The van der Waals surface area contributed by atoms with Crippen LogP contribution in [0.25, 0.3) is 0 Å². The fraction of sp³-hybridized carbons (Fsp3) is 0.533. The third-order valence-corrected chi connectivity index (χ3v) is 4.09. The Kier molecular flexibility index (Phi) is 5.02. The average Bonchev–Trinajstić information content (AvgIpc) is 2.82. The zero-order valence-corrected chi connectivity index (χ0v) is 12.4. The fourth-order valence-corrected chi connectivity index (χ4v) is 3.11. The van der Waals surface area contributed by atoms with Crippen LogP contribution in [0.4, 0.5) is 5.69 Å². The molecule has 0 aromatic heterocycles. The highest BCUT2D eigenvalue weighted by molar-refractivity contribution is 5.96. The number of fused-ring (bicyclic) bond motifs is 1. The van der Waals surface area contributed by atoms with Crippen LogP contribution >= 0.6 is 12.4 Å². The number of carbonyl (C=O) groups is 1. The molecule has 110 valence electrons. The van der Waals surface area contributed by atoms with Crippen LogP contribution < -0.4 is 10.6 Å². The molecule has 0 saturated carbocycles. The van der Waals surface area contributed by atoms with Crippen LogP contribution in [-0.4, -0.2) is 43.0 Å². The van der Waals surface area contributed by atoms with Crippen molar-refractivity contribution in [3.63, 3.8) is 0 Å². The van der Waals surface area contributed by atoms with Crippen LogP contribution in [0.2, 0.25) is 0 Å². The Morgan fingerprint density at radius 1 is 1.30 bits per heavy atom. The molecule has 0 bridgehead atoms. The zero-order valence-electron chi connectivity index (χ0n) is 11.6. The molecule has 2 N–H and O–H groups in total. The molecule has 3 rings (SSSR count). The third-order valence-electron chi connectivity index (χ3n) is 4.09. The van der Waals surface area contributed by atoms with Gasteiger partial charge in [0.15, 0.2) is 0 Å². The average molecular weight is 296 g/mol. The molecule has 4 nitrogen and oxygen atoms in total. The number of benzene rings is 1. The van der Waals surface area contributed by atoms with Crippen LogP contribution in [0, 0.1) is 0 Å². The van der Waals surface area contributed by atoms with Gasteiger partial charge in [-0.3, -0.25) is 9.69 Å².